The van der Waals surface area contributed by atoms with Crippen molar-refractivity contribution in [1.29, 1.82) is 0 Å². The zero-order valence-electron chi connectivity index (χ0n) is 44.2. The van der Waals surface area contributed by atoms with Crippen molar-refractivity contribution in [3.63, 3.8) is 0 Å². The van der Waals surface area contributed by atoms with Gasteiger partial charge in [0.25, 0.3) is 0 Å². The molecule has 2 saturated heterocycles. The van der Waals surface area contributed by atoms with Gasteiger partial charge >= 0.3 is 0 Å². The van der Waals surface area contributed by atoms with Gasteiger partial charge in [0.05, 0.1) is 60.6 Å². The maximum absolute atomic E-state index is 5.96. The molecule has 2 atom stereocenters. The molecule has 0 saturated carbocycles. The molecule has 78 heavy (non-hydrogen) atoms. The van der Waals surface area contributed by atoms with E-state index in [1.165, 1.54) is 33.4 Å². The lowest BCUT2D eigenvalue weighted by Gasteiger charge is -2.13. The summed E-state index contributed by atoms with van der Waals surface area (Å²) >= 11 is 0. The number of hydrogen-bond donors (Lipinski definition) is 0. The maximum Gasteiger partial charge on any atom is 0.129 e. The van der Waals surface area contributed by atoms with E-state index in [9.17, 15) is 0 Å². The minimum atomic E-state index is 0.178. The molecule has 6 aromatic carbocycles. The molecule has 392 valence electrons. The number of allylic oxidation sites excluding steroid dienone is 2. The first kappa shape index (κ1) is 51.4. The van der Waals surface area contributed by atoms with Crippen molar-refractivity contribution in [2.75, 3.05) is 40.6 Å². The Hall–Kier alpha value is -8.70. The van der Waals surface area contributed by atoms with Crippen LogP contribution in [0.3, 0.4) is 0 Å². The Morgan fingerprint density at radius 3 is 1.42 bits per heavy atom. The summed E-state index contributed by atoms with van der Waals surface area (Å²) in [6.45, 7) is 2.77. The molecule has 2 unspecified atom stereocenters. The number of nitrogens with zero attached hydrogens (tertiary/aromatic N) is 4. The van der Waals surface area contributed by atoms with Gasteiger partial charge in [-0.2, -0.15) is 10.2 Å². The van der Waals surface area contributed by atoms with Crippen molar-refractivity contribution in [2.24, 2.45) is 0 Å². The molecule has 0 spiro atoms. The van der Waals surface area contributed by atoms with E-state index in [-0.39, 0.29) is 12.2 Å². The van der Waals surface area contributed by atoms with Gasteiger partial charge in [-0.25, -0.2) is 9.36 Å². The Balaban J connectivity index is 0.000000165. The molecule has 2 fully saturated rings. The summed E-state index contributed by atoms with van der Waals surface area (Å²) in [5.74, 6) is 3.07. The second kappa shape index (κ2) is 25.0. The van der Waals surface area contributed by atoms with E-state index in [2.05, 4.69) is 134 Å². The number of methoxy groups -OCH3 is 2. The second-order valence-corrected chi connectivity index (χ2v) is 19.6. The van der Waals surface area contributed by atoms with Crippen LogP contribution in [0.2, 0.25) is 0 Å². The highest BCUT2D eigenvalue weighted by atomic mass is 16.5. The monoisotopic (exact) mass is 1030 g/mol. The van der Waals surface area contributed by atoms with Crippen LogP contribution in [0, 0.1) is 0 Å². The molecule has 0 N–H and O–H groups in total. The van der Waals surface area contributed by atoms with E-state index in [1.807, 2.05) is 94.3 Å². The van der Waals surface area contributed by atoms with Gasteiger partial charge in [0.15, 0.2) is 0 Å². The van der Waals surface area contributed by atoms with Crippen LogP contribution in [0.1, 0.15) is 93.0 Å². The van der Waals surface area contributed by atoms with Gasteiger partial charge in [0, 0.05) is 36.5 Å². The van der Waals surface area contributed by atoms with Crippen LogP contribution in [0.4, 0.5) is 0 Å². The number of fused-ring (bicyclic) bond motifs is 2. The van der Waals surface area contributed by atoms with Crippen LogP contribution in [-0.2, 0) is 22.3 Å². The molecular weight excluding hydrogens is 969 g/mol. The summed E-state index contributed by atoms with van der Waals surface area (Å²) in [5, 5.41) is 9.80. The SMILES string of the molecule is COc1cc(OCC2CCCO2)ccc1/C=C/c1cc(/C=C/c2ccc3c(c2)CC=C3)n(-c2ccccc2)n1.COc1cc(OCC2CCCO2)ccc1/C=C/c1cc(/C=C/c2ccc3c(c2)CC=C3)nn1-c1ccccc1. The van der Waals surface area contributed by atoms with Crippen LogP contribution >= 0.6 is 0 Å². The number of aromatic nitrogens is 4. The van der Waals surface area contributed by atoms with Crippen molar-refractivity contribution in [2.45, 2.75) is 50.7 Å². The first-order valence-corrected chi connectivity index (χ1v) is 27.0. The highest BCUT2D eigenvalue weighted by Gasteiger charge is 2.18. The molecule has 2 aromatic heterocycles. The van der Waals surface area contributed by atoms with Crippen LogP contribution in [0.5, 0.6) is 23.0 Å². The predicted octanol–water partition coefficient (Wildman–Crippen LogP) is 14.7. The van der Waals surface area contributed by atoms with Gasteiger partial charge < -0.3 is 28.4 Å². The molecule has 2 aliphatic carbocycles. The summed E-state index contributed by atoms with van der Waals surface area (Å²) in [5.41, 5.74) is 15.4. The minimum Gasteiger partial charge on any atom is -0.496 e. The average Bonchev–Trinajstić information content (AvgIpc) is 4.38. The van der Waals surface area contributed by atoms with E-state index in [4.69, 9.17) is 38.6 Å². The second-order valence-electron chi connectivity index (χ2n) is 19.6. The first-order valence-electron chi connectivity index (χ1n) is 27.0. The van der Waals surface area contributed by atoms with E-state index >= 15 is 0 Å². The normalized spacial score (nSPS) is 16.4. The van der Waals surface area contributed by atoms with Crippen molar-refractivity contribution in [3.05, 3.63) is 225 Å². The smallest absolute Gasteiger partial charge is 0.129 e. The molecule has 0 amide bonds. The maximum atomic E-state index is 5.96. The fourth-order valence-corrected chi connectivity index (χ4v) is 10.0. The van der Waals surface area contributed by atoms with Gasteiger partial charge in [0.2, 0.25) is 0 Å². The summed E-state index contributed by atoms with van der Waals surface area (Å²) in [6, 6.07) is 49.6. The van der Waals surface area contributed by atoms with Crippen molar-refractivity contribution >= 4 is 60.8 Å². The molecule has 0 radical (unpaired) electrons. The van der Waals surface area contributed by atoms with Gasteiger partial charge in [0.1, 0.15) is 36.2 Å². The third-order valence-electron chi connectivity index (χ3n) is 14.2. The third kappa shape index (κ3) is 12.9. The lowest BCUT2D eigenvalue weighted by atomic mass is 10.1. The molecule has 8 aromatic rings. The molecule has 2 aliphatic heterocycles. The lowest BCUT2D eigenvalue weighted by Crippen LogP contribution is -2.16. The zero-order chi connectivity index (χ0) is 52.9. The van der Waals surface area contributed by atoms with E-state index in [0.717, 1.165) is 120 Å². The van der Waals surface area contributed by atoms with E-state index < -0.39 is 0 Å². The Bertz CT molecular complexity index is 3520. The third-order valence-corrected chi connectivity index (χ3v) is 14.2. The Kier molecular flexibility index (Phi) is 16.5. The fourth-order valence-electron chi connectivity index (χ4n) is 10.0. The van der Waals surface area contributed by atoms with Crippen LogP contribution in [0.25, 0.3) is 72.1 Å². The summed E-state index contributed by atoms with van der Waals surface area (Å²) in [4.78, 5) is 0. The highest BCUT2D eigenvalue weighted by molar-refractivity contribution is 5.78. The van der Waals surface area contributed by atoms with E-state index in [0.29, 0.717) is 13.2 Å². The summed E-state index contributed by atoms with van der Waals surface area (Å²) in [6.07, 6.45) is 32.1. The number of benzene rings is 6. The lowest BCUT2D eigenvalue weighted by molar-refractivity contribution is 0.0678. The largest absolute Gasteiger partial charge is 0.496 e. The summed E-state index contributed by atoms with van der Waals surface area (Å²) in [7, 11) is 3.36. The summed E-state index contributed by atoms with van der Waals surface area (Å²) < 4.78 is 38.5. The van der Waals surface area contributed by atoms with E-state index in [1.54, 1.807) is 14.2 Å². The van der Waals surface area contributed by atoms with Crippen LogP contribution in [0.15, 0.2) is 158 Å². The Morgan fingerprint density at radius 2 is 0.949 bits per heavy atom. The minimum absolute atomic E-state index is 0.178. The van der Waals surface area contributed by atoms with Crippen LogP contribution in [-0.4, -0.2) is 72.4 Å². The number of rotatable bonds is 18. The Morgan fingerprint density at radius 1 is 0.487 bits per heavy atom. The quantitative estimate of drug-likeness (QED) is 0.0839. The van der Waals surface area contributed by atoms with Crippen LogP contribution < -0.4 is 18.9 Å². The van der Waals surface area contributed by atoms with Gasteiger partial charge in [-0.05, 0) is 169 Å². The molecule has 0 bridgehead atoms. The molecule has 4 heterocycles. The molecule has 12 rings (SSSR count). The standard InChI is InChI=1S/2C34H32N2O3/c1-37-34-23-32(39-24-33-11-6-20-38-33)19-16-27(34)15-17-29-22-31(36(35-29)30-9-3-2-4-10-30)18-13-25-12-14-26-7-5-8-28(26)21-25;1-37-34-23-32(39-24-33-11-6-20-38-33)19-16-27(34)15-18-31-22-29(35-36(31)30-9-3-2-4-10-30)17-13-25-12-14-26-7-5-8-28(26)21-25/h2*2-5,7,9-10,12-19,21-23,33H,6,8,11,20,24H2,1H3/b17-15+,18-13+;17-13+,18-15+. The van der Waals surface area contributed by atoms with Gasteiger partial charge in [-0.15, -0.1) is 0 Å². The molecule has 10 nitrogen and oxygen atoms in total. The Labute approximate surface area is 457 Å². The molecular formula is C68H64N4O6. The van der Waals surface area contributed by atoms with Gasteiger partial charge in [-0.3, -0.25) is 0 Å². The van der Waals surface area contributed by atoms with Crippen molar-refractivity contribution in [1.82, 2.24) is 19.6 Å². The topological polar surface area (TPSA) is 91.0 Å². The molecule has 4 aliphatic rings. The van der Waals surface area contributed by atoms with Crippen molar-refractivity contribution < 1.29 is 28.4 Å². The molecule has 10 heteroatoms. The highest BCUT2D eigenvalue weighted by Crippen LogP contribution is 2.31. The number of hydrogen-bond acceptors (Lipinski definition) is 8. The fraction of sp³-hybridized carbons (Fsp3) is 0.206. The zero-order valence-corrected chi connectivity index (χ0v) is 44.2. The first-order chi connectivity index (χ1) is 38.5. The average molecular weight is 1030 g/mol. The van der Waals surface area contributed by atoms with Crippen molar-refractivity contribution in [3.8, 4) is 34.4 Å². The number of ether oxygens (including phenoxy) is 6. The van der Waals surface area contributed by atoms with Gasteiger partial charge in [-0.1, -0.05) is 109 Å². The predicted molar refractivity (Wildman–Crippen MR) is 316 cm³/mol. The number of para-hydroxylation sites is 2.